The van der Waals surface area contributed by atoms with Crippen LogP contribution in [-0.4, -0.2) is 88.8 Å². The first-order valence-electron chi connectivity index (χ1n) is 29.2. The molecule has 6 heterocycles. The minimum atomic E-state index is -4.73. The molecule has 2 saturated carbocycles. The van der Waals surface area contributed by atoms with Gasteiger partial charge in [-0.3, -0.25) is 0 Å². The molecule has 35 heteroatoms. The van der Waals surface area contributed by atoms with Crippen molar-refractivity contribution in [3.8, 4) is 22.8 Å². The maximum atomic E-state index is 15.4. The number of anilines is 3. The van der Waals surface area contributed by atoms with E-state index in [1.807, 2.05) is 6.92 Å². The summed E-state index contributed by atoms with van der Waals surface area (Å²) < 4.78 is 221. The van der Waals surface area contributed by atoms with Crippen LogP contribution in [0.25, 0.3) is 44.6 Å². The first kappa shape index (κ1) is 71.3. The lowest BCUT2D eigenvalue weighted by atomic mass is 9.91. The fraction of sp³-hybridized carbons (Fsp3) is 0.290. The summed E-state index contributed by atoms with van der Waals surface area (Å²) in [6, 6.07) is 15.6. The van der Waals surface area contributed by atoms with E-state index in [2.05, 4.69) is 55.8 Å². The van der Waals surface area contributed by atoms with Gasteiger partial charge < -0.3 is 21.7 Å². The topological polar surface area (TPSA) is 243 Å². The molecule has 2 fully saturated rings. The maximum Gasteiger partial charge on any atom is 0.433 e. The minimum Gasteiger partial charge on any atom is -0.367 e. The molecule has 12 rings (SSSR count). The van der Waals surface area contributed by atoms with Gasteiger partial charge in [-0.15, -0.1) is 0 Å². The number of aryl methyl sites for hydroxylation is 4. The van der Waals surface area contributed by atoms with Crippen molar-refractivity contribution in [1.82, 2.24) is 47.8 Å². The van der Waals surface area contributed by atoms with Crippen LogP contribution in [0.15, 0.2) is 107 Å². The molecule has 4 atom stereocenters. The van der Waals surface area contributed by atoms with E-state index >= 15 is 17.6 Å². The average Bonchev–Trinajstić information content (AvgIpc) is 1.60. The van der Waals surface area contributed by atoms with Crippen LogP contribution in [-0.2, 0) is 32.4 Å². The number of benzene rings is 4. The van der Waals surface area contributed by atoms with Gasteiger partial charge in [0.2, 0.25) is 10.6 Å². The highest BCUT2D eigenvalue weighted by atomic mass is 35.5. The number of halogens is 15. The summed E-state index contributed by atoms with van der Waals surface area (Å²) in [4.78, 5) is 30.1. The number of nitrogens with two attached hydrogens (primary N) is 1. The minimum absolute atomic E-state index is 0.00627. The van der Waals surface area contributed by atoms with Crippen LogP contribution < -0.4 is 21.7 Å². The molecule has 0 bridgehead atoms. The number of alkyl halides is 6. The number of hydrogen-bond donors (Lipinski definition) is 4. The highest BCUT2D eigenvalue weighted by Gasteiger charge is 2.36. The molecule has 0 saturated heterocycles. The third kappa shape index (κ3) is 16.1. The number of hydrogen-bond acceptors (Lipinski definition) is 16. The Morgan fingerprint density at radius 1 is 0.495 bits per heavy atom. The molecule has 512 valence electrons. The molecule has 4 aromatic carbocycles. The zero-order chi connectivity index (χ0) is 70.4. The SMILES string of the molecule is Cc1ccc(S(=O)(=O)n2cc(-c3nc(C)c(F)c(N[C@@H]4CCC[C@H](N)C4)n3)c3cc(F)cc(F)c32)cc1.Cc1ccc(S(=O)(=O)n2cc(-c3nc(C)c(F)c(N[C@@H]4CCC[C@H](Nc5cc(C(F)(F)F)nc(Cl)n5)C4)n3)c3cc(F)cc(F)c32)cc1.FC(F)(F)c1cc(Cl)nc(Cl)n1. The first-order valence-corrected chi connectivity index (χ1v) is 33.2. The third-order valence-electron chi connectivity index (χ3n) is 15.6. The summed E-state index contributed by atoms with van der Waals surface area (Å²) in [5, 5.41) is 7.44. The van der Waals surface area contributed by atoms with Crippen LogP contribution in [0.5, 0.6) is 0 Å². The molecule has 0 spiro atoms. The molecule has 2 aliphatic carbocycles. The Morgan fingerprint density at radius 3 is 1.32 bits per heavy atom. The van der Waals surface area contributed by atoms with Crippen molar-refractivity contribution in [2.24, 2.45) is 5.73 Å². The molecule has 97 heavy (non-hydrogen) atoms. The lowest BCUT2D eigenvalue weighted by Gasteiger charge is -2.31. The molecule has 18 nitrogen and oxygen atoms in total. The summed E-state index contributed by atoms with van der Waals surface area (Å²) in [6.07, 6.45) is -1.78. The van der Waals surface area contributed by atoms with Gasteiger partial charge in [0.1, 0.15) is 33.6 Å². The average molecular weight is 1460 g/mol. The quantitative estimate of drug-likeness (QED) is 0.0505. The zero-order valence-electron chi connectivity index (χ0n) is 50.9. The Labute approximate surface area is 560 Å². The van der Waals surface area contributed by atoms with Crippen LogP contribution in [0.4, 0.5) is 70.1 Å². The second-order valence-corrected chi connectivity index (χ2v) is 27.5. The first-order chi connectivity index (χ1) is 45.5. The fourth-order valence-electron chi connectivity index (χ4n) is 11.0. The summed E-state index contributed by atoms with van der Waals surface area (Å²) in [6.45, 7) is 6.38. The summed E-state index contributed by atoms with van der Waals surface area (Å²) in [7, 11) is -8.65. The van der Waals surface area contributed by atoms with Crippen molar-refractivity contribution in [3.05, 3.63) is 182 Å². The standard InChI is InChI=1S/C31H26ClF6N7O2S.C26H26F3N5O2S.C5HCl2F3N2/c1-15-6-8-20(9-7-15)48(46,47)45-14-22(21-10-17(33)11-23(34)27(21)45)28-39-16(2)26(35)29(44-28)41-19-5-3-4-18(12-19)40-25-13-24(31(36,37)38)42-30(32)43-25;1-14-6-8-19(9-7-14)37(35,36)34-13-21(20-10-16(27)11-22(28)24(20)34)25-31-15(2)23(29)26(33-25)32-18-5-3-4-17(30)12-18;6-3-1-2(5(8,9)10)11-4(7)12-3/h6-11,13-14,18-19H,3-5,12H2,1-2H3,(H,39,41,44)(H,40,42,43);6-11,13,17-18H,3-5,12,30H2,1-2H3,(H,31,32,33);1H/t18-,19+;17-,18+;/m00./s1. The van der Waals surface area contributed by atoms with Crippen LogP contribution >= 0.6 is 34.8 Å². The summed E-state index contributed by atoms with van der Waals surface area (Å²) >= 11 is 16.1. The largest absolute Gasteiger partial charge is 0.433 e. The van der Waals surface area contributed by atoms with Crippen molar-refractivity contribution < 1.29 is 69.5 Å². The van der Waals surface area contributed by atoms with Crippen molar-refractivity contribution in [2.45, 2.75) is 125 Å². The Hall–Kier alpha value is -8.43. The number of nitrogens with one attached hydrogen (secondary N) is 3. The second kappa shape index (κ2) is 28.2. The lowest BCUT2D eigenvalue weighted by molar-refractivity contribution is -0.142. The Morgan fingerprint density at radius 2 is 0.897 bits per heavy atom. The molecule has 10 aromatic rings. The van der Waals surface area contributed by atoms with E-state index in [1.165, 1.54) is 38.1 Å². The van der Waals surface area contributed by atoms with Crippen molar-refractivity contribution >= 4 is 94.1 Å². The Kier molecular flexibility index (Phi) is 20.7. The molecular formula is C62H53Cl3F12N14O4S2. The van der Waals surface area contributed by atoms with Gasteiger partial charge in [0, 0.05) is 82.7 Å². The third-order valence-corrected chi connectivity index (χ3v) is 19.5. The molecular weight excluding hydrogens is 1400 g/mol. The molecule has 5 N–H and O–H groups in total. The monoisotopic (exact) mass is 1450 g/mol. The van der Waals surface area contributed by atoms with Gasteiger partial charge in [0.15, 0.2) is 57.9 Å². The molecule has 0 radical (unpaired) electrons. The number of aromatic nitrogens is 10. The smallest absolute Gasteiger partial charge is 0.367 e. The molecule has 6 aromatic heterocycles. The van der Waals surface area contributed by atoms with E-state index in [4.69, 9.17) is 40.5 Å². The summed E-state index contributed by atoms with van der Waals surface area (Å²) in [5.74, 6) is -6.22. The van der Waals surface area contributed by atoms with Crippen LogP contribution in [0.2, 0.25) is 15.7 Å². The fourth-order valence-corrected chi connectivity index (χ4v) is 14.4. The molecule has 0 amide bonds. The Balaban J connectivity index is 0.000000184. The highest BCUT2D eigenvalue weighted by molar-refractivity contribution is 7.90. The number of nitrogens with zero attached hydrogens (tertiary/aromatic N) is 10. The maximum absolute atomic E-state index is 15.4. The van der Waals surface area contributed by atoms with Crippen molar-refractivity contribution in [3.63, 3.8) is 0 Å². The van der Waals surface area contributed by atoms with E-state index < -0.39 is 101 Å². The van der Waals surface area contributed by atoms with E-state index in [1.54, 1.807) is 31.2 Å². The predicted molar refractivity (Wildman–Crippen MR) is 339 cm³/mol. The Bertz CT molecular complexity index is 4860. The van der Waals surface area contributed by atoms with E-state index in [-0.39, 0.29) is 101 Å². The molecule has 0 aliphatic heterocycles. The van der Waals surface area contributed by atoms with E-state index in [0.29, 0.717) is 54.3 Å². The van der Waals surface area contributed by atoms with Gasteiger partial charge >= 0.3 is 12.4 Å². The van der Waals surface area contributed by atoms with Gasteiger partial charge in [-0.1, -0.05) is 47.0 Å². The predicted octanol–water partition coefficient (Wildman–Crippen LogP) is 15.5. The van der Waals surface area contributed by atoms with Gasteiger partial charge in [-0.25, -0.2) is 91.0 Å². The van der Waals surface area contributed by atoms with E-state index in [0.717, 1.165) is 65.0 Å². The summed E-state index contributed by atoms with van der Waals surface area (Å²) in [5.41, 5.74) is 4.44. The normalized spacial score (nSPS) is 16.9. The van der Waals surface area contributed by atoms with Gasteiger partial charge in [-0.05, 0) is 139 Å². The van der Waals surface area contributed by atoms with Crippen molar-refractivity contribution in [1.29, 1.82) is 0 Å². The number of fused-ring (bicyclic) bond motifs is 2. The van der Waals surface area contributed by atoms with Crippen LogP contribution in [0.3, 0.4) is 0 Å². The van der Waals surface area contributed by atoms with Crippen LogP contribution in [0, 0.1) is 62.6 Å². The molecule has 0 unspecified atom stereocenters. The van der Waals surface area contributed by atoms with Gasteiger partial charge in [0.05, 0.1) is 21.2 Å². The number of rotatable bonds is 12. The lowest BCUT2D eigenvalue weighted by Crippen LogP contribution is -2.35. The van der Waals surface area contributed by atoms with Crippen LogP contribution in [0.1, 0.15) is 85.3 Å². The van der Waals surface area contributed by atoms with Crippen molar-refractivity contribution in [2.75, 3.05) is 16.0 Å². The van der Waals surface area contributed by atoms with E-state index in [9.17, 15) is 52.0 Å². The highest BCUT2D eigenvalue weighted by Crippen LogP contribution is 2.39. The van der Waals surface area contributed by atoms with Gasteiger partial charge in [-0.2, -0.15) is 26.3 Å². The second-order valence-electron chi connectivity index (χ2n) is 22.8. The molecule has 2 aliphatic rings. The van der Waals surface area contributed by atoms with Gasteiger partial charge in [0.25, 0.3) is 20.0 Å². The zero-order valence-corrected chi connectivity index (χ0v) is 54.8.